The molecule has 2 bridgehead atoms. The fourth-order valence-corrected chi connectivity index (χ4v) is 6.86. The molecule has 8 nitrogen and oxygen atoms in total. The number of nitriles is 1. The van der Waals surface area contributed by atoms with Gasteiger partial charge in [-0.15, -0.1) is 11.3 Å². The lowest BCUT2D eigenvalue weighted by Crippen LogP contribution is -2.46. The summed E-state index contributed by atoms with van der Waals surface area (Å²) in [5, 5.41) is 14.9. The zero-order chi connectivity index (χ0) is 27.1. The fourth-order valence-electron chi connectivity index (χ4n) is 6.11. The molecule has 0 radical (unpaired) electrons. The molecule has 4 heterocycles. The molecule has 9 heteroatoms. The molecule has 0 saturated carbocycles. The molecule has 2 aliphatic heterocycles. The number of amides is 1. The Balaban J connectivity index is 1.20. The third-order valence-corrected chi connectivity index (χ3v) is 8.75. The number of aromatic nitrogens is 2. The number of nitrogens with two attached hydrogens (primary N) is 1. The summed E-state index contributed by atoms with van der Waals surface area (Å²) in [6.45, 7) is 4.72. The van der Waals surface area contributed by atoms with Gasteiger partial charge in [0.2, 0.25) is 17.7 Å². The van der Waals surface area contributed by atoms with Crippen LogP contribution in [0, 0.1) is 25.2 Å². The molecule has 2 fully saturated rings. The van der Waals surface area contributed by atoms with Gasteiger partial charge >= 0.3 is 0 Å². The number of benzene rings is 2. The maximum absolute atomic E-state index is 11.6. The van der Waals surface area contributed by atoms with E-state index >= 15 is 0 Å². The van der Waals surface area contributed by atoms with E-state index in [9.17, 15) is 10.1 Å². The summed E-state index contributed by atoms with van der Waals surface area (Å²) in [6.07, 6.45) is 4.32. The molecule has 0 aliphatic carbocycles. The van der Waals surface area contributed by atoms with Crippen molar-refractivity contribution in [1.82, 2.24) is 14.9 Å². The number of nitrogens with one attached hydrogen (secondary N) is 1. The number of anilines is 1. The van der Waals surface area contributed by atoms with Crippen LogP contribution in [0.3, 0.4) is 0 Å². The molecule has 3 N–H and O–H groups in total. The smallest absolute Gasteiger partial charge is 0.248 e. The number of hydrogen-bond acceptors (Lipinski definition) is 8. The van der Waals surface area contributed by atoms with Crippen LogP contribution in [0.2, 0.25) is 0 Å². The number of fused-ring (bicyclic) bond motifs is 3. The van der Waals surface area contributed by atoms with Crippen LogP contribution in [0.25, 0.3) is 10.2 Å². The van der Waals surface area contributed by atoms with Gasteiger partial charge in [-0.1, -0.05) is 12.1 Å². The summed E-state index contributed by atoms with van der Waals surface area (Å²) in [5.41, 5.74) is 10.4. The van der Waals surface area contributed by atoms with E-state index in [1.165, 1.54) is 0 Å². The molecule has 1 amide bonds. The van der Waals surface area contributed by atoms with Crippen LogP contribution in [0.15, 0.2) is 47.8 Å². The van der Waals surface area contributed by atoms with E-state index < -0.39 is 5.91 Å². The molecule has 2 aromatic carbocycles. The van der Waals surface area contributed by atoms with Gasteiger partial charge in [-0.3, -0.25) is 9.69 Å². The van der Waals surface area contributed by atoms with Crippen LogP contribution in [0.4, 0.5) is 5.95 Å². The number of ether oxygens (including phenoxy) is 1. The van der Waals surface area contributed by atoms with Crippen molar-refractivity contribution in [1.29, 1.82) is 5.26 Å². The van der Waals surface area contributed by atoms with E-state index in [0.717, 1.165) is 64.9 Å². The Morgan fingerprint density at radius 1 is 1.15 bits per heavy atom. The standard InChI is InChI=1S/C30H30N6O2S/c1-17-10-20(15-31)11-18(2)26(17)38-29-27-25(8-9-39-27)34-30(35-29)33-22-13-23-6-7-24(14-22)36(23)16-19-4-3-5-21(12-19)28(32)37/h3-5,8-12,22-24H,6-7,13-14,16H2,1-2H3,(H2,32,37)(H,33,34,35). The van der Waals surface area contributed by atoms with E-state index in [0.29, 0.717) is 35.0 Å². The normalized spacial score (nSPS) is 20.6. The van der Waals surface area contributed by atoms with Gasteiger partial charge < -0.3 is 15.8 Å². The fraction of sp³-hybridized carbons (Fsp3) is 0.333. The lowest BCUT2D eigenvalue weighted by Gasteiger charge is -2.39. The Labute approximate surface area is 231 Å². The number of primary amides is 1. The maximum Gasteiger partial charge on any atom is 0.248 e. The van der Waals surface area contributed by atoms with E-state index in [4.69, 9.17) is 20.4 Å². The summed E-state index contributed by atoms with van der Waals surface area (Å²) in [7, 11) is 0. The number of nitrogens with zero attached hydrogens (tertiary/aromatic N) is 4. The number of carbonyl (C=O) groups excluding carboxylic acids is 1. The van der Waals surface area contributed by atoms with Gasteiger partial charge in [0, 0.05) is 30.2 Å². The van der Waals surface area contributed by atoms with Crippen molar-refractivity contribution in [2.24, 2.45) is 5.73 Å². The first kappa shape index (κ1) is 25.3. The highest BCUT2D eigenvalue weighted by Crippen LogP contribution is 2.39. The van der Waals surface area contributed by atoms with Gasteiger partial charge in [0.25, 0.3) is 0 Å². The number of aryl methyl sites for hydroxylation is 2. The summed E-state index contributed by atoms with van der Waals surface area (Å²) in [4.78, 5) is 23.8. The molecule has 2 aromatic heterocycles. The van der Waals surface area contributed by atoms with Crippen LogP contribution in [0.1, 0.15) is 58.3 Å². The second-order valence-corrected chi connectivity index (χ2v) is 11.5. The summed E-state index contributed by atoms with van der Waals surface area (Å²) in [5.74, 6) is 1.44. The van der Waals surface area contributed by atoms with Crippen molar-refractivity contribution in [3.8, 4) is 17.7 Å². The molecule has 0 spiro atoms. The van der Waals surface area contributed by atoms with Gasteiger partial charge in [-0.25, -0.2) is 4.98 Å². The number of carbonyl (C=O) groups is 1. The highest BCUT2D eigenvalue weighted by molar-refractivity contribution is 7.17. The van der Waals surface area contributed by atoms with Crippen LogP contribution >= 0.6 is 11.3 Å². The minimum absolute atomic E-state index is 0.262. The van der Waals surface area contributed by atoms with Crippen LogP contribution in [-0.2, 0) is 6.54 Å². The first-order valence-electron chi connectivity index (χ1n) is 13.2. The SMILES string of the molecule is Cc1cc(C#N)cc(C)c1Oc1nc(NC2CC3CCC(C2)N3Cc2cccc(C(N)=O)c2)nc2ccsc12. The summed E-state index contributed by atoms with van der Waals surface area (Å²) in [6, 6.07) is 16.7. The summed E-state index contributed by atoms with van der Waals surface area (Å²) >= 11 is 1.56. The number of rotatable bonds is 7. The molecular formula is C30H30N6O2S. The third kappa shape index (κ3) is 5.05. The molecule has 2 atom stereocenters. The predicted octanol–water partition coefficient (Wildman–Crippen LogP) is 5.68. The van der Waals surface area contributed by atoms with E-state index in [-0.39, 0.29) is 6.04 Å². The molecule has 2 saturated heterocycles. The molecular weight excluding hydrogens is 508 g/mol. The topological polar surface area (TPSA) is 117 Å². The monoisotopic (exact) mass is 538 g/mol. The van der Waals surface area contributed by atoms with Crippen molar-refractivity contribution in [2.75, 3.05) is 5.32 Å². The minimum atomic E-state index is -0.391. The minimum Gasteiger partial charge on any atom is -0.437 e. The first-order chi connectivity index (χ1) is 18.9. The molecule has 2 unspecified atom stereocenters. The Bertz CT molecular complexity index is 1570. The van der Waals surface area contributed by atoms with Gasteiger partial charge in [0.05, 0.1) is 17.1 Å². The quantitative estimate of drug-likeness (QED) is 0.311. The van der Waals surface area contributed by atoms with E-state index in [1.54, 1.807) is 17.4 Å². The van der Waals surface area contributed by atoms with Crippen molar-refractivity contribution in [2.45, 2.75) is 64.2 Å². The van der Waals surface area contributed by atoms with E-state index in [2.05, 4.69) is 22.4 Å². The van der Waals surface area contributed by atoms with Gasteiger partial charge in [-0.05, 0) is 91.9 Å². The average Bonchev–Trinajstić information content (AvgIpc) is 3.47. The first-order valence-corrected chi connectivity index (χ1v) is 14.1. The Morgan fingerprint density at radius 2 is 1.90 bits per heavy atom. The van der Waals surface area contributed by atoms with Crippen LogP contribution in [0.5, 0.6) is 11.6 Å². The van der Waals surface area contributed by atoms with E-state index in [1.807, 2.05) is 49.6 Å². The Kier molecular flexibility index (Phi) is 6.67. The van der Waals surface area contributed by atoms with Crippen molar-refractivity contribution >= 4 is 33.4 Å². The zero-order valence-electron chi connectivity index (χ0n) is 22.0. The number of thiophene rings is 1. The average molecular weight is 539 g/mol. The van der Waals surface area contributed by atoms with Gasteiger partial charge in [0.15, 0.2) is 0 Å². The Morgan fingerprint density at radius 3 is 2.59 bits per heavy atom. The molecule has 198 valence electrons. The zero-order valence-corrected chi connectivity index (χ0v) is 22.8. The van der Waals surface area contributed by atoms with Crippen LogP contribution in [-0.4, -0.2) is 38.9 Å². The third-order valence-electron chi connectivity index (χ3n) is 7.85. The predicted molar refractivity (Wildman–Crippen MR) is 152 cm³/mol. The Hall–Kier alpha value is -4.00. The van der Waals surface area contributed by atoms with Gasteiger partial charge in [-0.2, -0.15) is 10.2 Å². The second-order valence-electron chi connectivity index (χ2n) is 10.6. The van der Waals surface area contributed by atoms with Crippen molar-refractivity contribution < 1.29 is 9.53 Å². The summed E-state index contributed by atoms with van der Waals surface area (Å²) < 4.78 is 7.27. The van der Waals surface area contributed by atoms with Crippen LogP contribution < -0.4 is 15.8 Å². The maximum atomic E-state index is 11.6. The second kappa shape index (κ2) is 10.3. The highest BCUT2D eigenvalue weighted by atomic mass is 32.1. The molecule has 39 heavy (non-hydrogen) atoms. The number of piperidine rings is 1. The molecule has 6 rings (SSSR count). The van der Waals surface area contributed by atoms with Gasteiger partial charge in [0.1, 0.15) is 10.4 Å². The highest BCUT2D eigenvalue weighted by Gasteiger charge is 2.40. The lowest BCUT2D eigenvalue weighted by atomic mass is 9.96. The molecule has 2 aliphatic rings. The van der Waals surface area contributed by atoms with Crippen molar-refractivity contribution in [3.63, 3.8) is 0 Å². The largest absolute Gasteiger partial charge is 0.437 e. The molecule has 4 aromatic rings. The number of hydrogen-bond donors (Lipinski definition) is 2. The lowest BCUT2D eigenvalue weighted by molar-refractivity contribution is 0.0999. The van der Waals surface area contributed by atoms with Crippen molar-refractivity contribution in [3.05, 3.63) is 75.7 Å².